The van der Waals surface area contributed by atoms with Gasteiger partial charge in [-0.1, -0.05) is 25.2 Å². The molecule has 0 aliphatic rings. The Balaban J connectivity index is 2.73. The van der Waals surface area contributed by atoms with E-state index in [0.717, 1.165) is 12.8 Å². The van der Waals surface area contributed by atoms with Crippen LogP contribution in [-0.4, -0.2) is 13.2 Å². The third kappa shape index (κ3) is 4.33. The molecule has 3 heteroatoms. The highest BCUT2D eigenvalue weighted by molar-refractivity contribution is 5.40. The summed E-state index contributed by atoms with van der Waals surface area (Å²) in [6.07, 6.45) is 2.01. The first-order valence-corrected chi connectivity index (χ1v) is 5.38. The molecule has 0 unspecified atom stereocenters. The van der Waals surface area contributed by atoms with Gasteiger partial charge in [-0.25, -0.2) is 4.39 Å². The number of hydrogen-bond acceptors (Lipinski definition) is 2. The molecule has 0 atom stereocenters. The molecule has 2 N–H and O–H groups in total. The van der Waals surface area contributed by atoms with E-state index < -0.39 is 0 Å². The van der Waals surface area contributed by atoms with E-state index in [1.54, 1.807) is 6.07 Å². The highest BCUT2D eigenvalue weighted by Gasteiger charge is 1.99. The maximum atomic E-state index is 13.2. The summed E-state index contributed by atoms with van der Waals surface area (Å²) in [5.74, 6) is 5.65. The average Bonchev–Trinajstić information content (AvgIpc) is 2.26. The zero-order valence-corrected chi connectivity index (χ0v) is 9.42. The third-order valence-electron chi connectivity index (χ3n) is 1.97. The monoisotopic (exact) mass is 221 g/mol. The molecule has 0 aliphatic carbocycles. The molecule has 1 rings (SSSR count). The first kappa shape index (κ1) is 12.5. The molecule has 2 nitrogen and oxygen atoms in total. The molecule has 0 saturated heterocycles. The Morgan fingerprint density at radius 2 is 2.19 bits per heavy atom. The van der Waals surface area contributed by atoms with Crippen LogP contribution < -0.4 is 10.5 Å². The molecule has 1 aromatic carbocycles. The molecule has 0 heterocycles. The van der Waals surface area contributed by atoms with Crippen LogP contribution >= 0.6 is 0 Å². The summed E-state index contributed by atoms with van der Waals surface area (Å²) in [7, 11) is 0. The summed E-state index contributed by atoms with van der Waals surface area (Å²) in [6.45, 7) is 2.94. The first-order valence-electron chi connectivity index (χ1n) is 5.38. The lowest BCUT2D eigenvalue weighted by atomic mass is 10.2. The van der Waals surface area contributed by atoms with Gasteiger partial charge in [-0.3, -0.25) is 0 Å². The number of unbranched alkanes of at least 4 members (excludes halogenated alkanes) is 1. The van der Waals surface area contributed by atoms with Crippen molar-refractivity contribution < 1.29 is 9.13 Å². The van der Waals surface area contributed by atoms with Gasteiger partial charge in [0.15, 0.2) is 0 Å². The minimum absolute atomic E-state index is 0.266. The predicted molar refractivity (Wildman–Crippen MR) is 62.7 cm³/mol. The van der Waals surface area contributed by atoms with Crippen LogP contribution in [0.25, 0.3) is 0 Å². The predicted octanol–water partition coefficient (Wildman–Crippen LogP) is 2.31. The maximum absolute atomic E-state index is 13.2. The molecule has 0 aliphatic heterocycles. The Labute approximate surface area is 95.6 Å². The molecular formula is C13H16FNO. The molecule has 1 aromatic rings. The number of benzene rings is 1. The van der Waals surface area contributed by atoms with Crippen LogP contribution in [0.4, 0.5) is 4.39 Å². The summed E-state index contributed by atoms with van der Waals surface area (Å²) >= 11 is 0. The van der Waals surface area contributed by atoms with Crippen LogP contribution in [0.2, 0.25) is 0 Å². The van der Waals surface area contributed by atoms with Crippen LogP contribution in [0.1, 0.15) is 25.3 Å². The second-order valence-electron chi connectivity index (χ2n) is 3.38. The highest BCUT2D eigenvalue weighted by Crippen LogP contribution is 2.16. The molecule has 0 spiro atoms. The molecule has 0 saturated carbocycles. The number of halogens is 1. The minimum Gasteiger partial charge on any atom is -0.493 e. The molecule has 0 fully saturated rings. The fourth-order valence-corrected chi connectivity index (χ4v) is 1.21. The van der Waals surface area contributed by atoms with E-state index in [-0.39, 0.29) is 12.4 Å². The topological polar surface area (TPSA) is 35.2 Å². The van der Waals surface area contributed by atoms with E-state index in [4.69, 9.17) is 10.5 Å². The van der Waals surface area contributed by atoms with Gasteiger partial charge in [0.1, 0.15) is 11.6 Å². The first-order chi connectivity index (χ1) is 7.76. The van der Waals surface area contributed by atoms with Gasteiger partial charge in [0.25, 0.3) is 0 Å². The smallest absolute Gasteiger partial charge is 0.128 e. The van der Waals surface area contributed by atoms with Gasteiger partial charge in [-0.05, 0) is 18.6 Å². The lowest BCUT2D eigenvalue weighted by Crippen LogP contribution is -1.97. The maximum Gasteiger partial charge on any atom is 0.128 e. The van der Waals surface area contributed by atoms with Crippen LogP contribution in [0, 0.1) is 17.7 Å². The third-order valence-corrected chi connectivity index (χ3v) is 1.97. The Kier molecular flexibility index (Phi) is 5.38. The van der Waals surface area contributed by atoms with Gasteiger partial charge in [0.05, 0.1) is 13.2 Å². The number of ether oxygens (including phenoxy) is 1. The van der Waals surface area contributed by atoms with Crippen molar-refractivity contribution in [3.8, 4) is 17.6 Å². The SMILES string of the molecule is CCCCOc1cc(F)cc(C#CCN)c1. The Hall–Kier alpha value is -1.53. The van der Waals surface area contributed by atoms with Gasteiger partial charge < -0.3 is 10.5 Å². The Morgan fingerprint density at radius 3 is 2.88 bits per heavy atom. The van der Waals surface area contributed by atoms with Crippen LogP contribution in [-0.2, 0) is 0 Å². The molecule has 0 amide bonds. The van der Waals surface area contributed by atoms with Crippen molar-refractivity contribution >= 4 is 0 Å². The molecule has 16 heavy (non-hydrogen) atoms. The Morgan fingerprint density at radius 1 is 1.38 bits per heavy atom. The number of hydrogen-bond donors (Lipinski definition) is 1. The summed E-state index contributed by atoms with van der Waals surface area (Å²) in [5, 5.41) is 0. The summed E-state index contributed by atoms with van der Waals surface area (Å²) in [5.41, 5.74) is 5.85. The fourth-order valence-electron chi connectivity index (χ4n) is 1.21. The Bertz CT molecular complexity index is 393. The largest absolute Gasteiger partial charge is 0.493 e. The van der Waals surface area contributed by atoms with E-state index in [9.17, 15) is 4.39 Å². The van der Waals surface area contributed by atoms with Crippen LogP contribution in [0.3, 0.4) is 0 Å². The highest BCUT2D eigenvalue weighted by atomic mass is 19.1. The summed E-state index contributed by atoms with van der Waals surface area (Å²) < 4.78 is 18.6. The molecule has 86 valence electrons. The normalized spacial score (nSPS) is 9.44. The second kappa shape index (κ2) is 6.86. The van der Waals surface area contributed by atoms with E-state index >= 15 is 0 Å². The summed E-state index contributed by atoms with van der Waals surface area (Å²) in [4.78, 5) is 0. The standard InChI is InChI=1S/C13H16FNO/c1-2-3-7-16-13-9-11(5-4-6-15)8-12(14)10-13/h8-10H,2-3,6-7,15H2,1H3. The van der Waals surface area contributed by atoms with Gasteiger partial charge in [0.2, 0.25) is 0 Å². The van der Waals surface area contributed by atoms with Crippen molar-refractivity contribution in [2.75, 3.05) is 13.2 Å². The summed E-state index contributed by atoms with van der Waals surface area (Å²) in [6, 6.07) is 4.46. The average molecular weight is 221 g/mol. The van der Waals surface area contributed by atoms with Crippen molar-refractivity contribution in [3.63, 3.8) is 0 Å². The lowest BCUT2D eigenvalue weighted by Gasteiger charge is -2.05. The van der Waals surface area contributed by atoms with Crippen molar-refractivity contribution in [2.24, 2.45) is 5.73 Å². The minimum atomic E-state index is -0.338. The zero-order valence-electron chi connectivity index (χ0n) is 9.42. The molecule has 0 aromatic heterocycles. The fraction of sp³-hybridized carbons (Fsp3) is 0.385. The van der Waals surface area contributed by atoms with Crippen LogP contribution in [0.15, 0.2) is 18.2 Å². The van der Waals surface area contributed by atoms with E-state index in [1.807, 2.05) is 0 Å². The van der Waals surface area contributed by atoms with Crippen molar-refractivity contribution in [3.05, 3.63) is 29.6 Å². The van der Waals surface area contributed by atoms with E-state index in [2.05, 4.69) is 18.8 Å². The van der Waals surface area contributed by atoms with Gasteiger partial charge in [-0.2, -0.15) is 0 Å². The quantitative estimate of drug-likeness (QED) is 0.625. The van der Waals surface area contributed by atoms with Gasteiger partial charge in [0, 0.05) is 11.6 Å². The second-order valence-corrected chi connectivity index (χ2v) is 3.38. The van der Waals surface area contributed by atoms with Crippen molar-refractivity contribution in [1.82, 2.24) is 0 Å². The van der Waals surface area contributed by atoms with Crippen molar-refractivity contribution in [2.45, 2.75) is 19.8 Å². The molecule has 0 radical (unpaired) electrons. The number of rotatable bonds is 4. The molecule has 0 bridgehead atoms. The van der Waals surface area contributed by atoms with E-state index in [1.165, 1.54) is 12.1 Å². The number of nitrogens with two attached hydrogens (primary N) is 1. The zero-order chi connectivity index (χ0) is 11.8. The van der Waals surface area contributed by atoms with E-state index in [0.29, 0.717) is 17.9 Å². The molecular weight excluding hydrogens is 205 g/mol. The van der Waals surface area contributed by atoms with Crippen molar-refractivity contribution in [1.29, 1.82) is 0 Å². The lowest BCUT2D eigenvalue weighted by molar-refractivity contribution is 0.308. The van der Waals surface area contributed by atoms with Gasteiger partial charge >= 0.3 is 0 Å². The van der Waals surface area contributed by atoms with Gasteiger partial charge in [-0.15, -0.1) is 0 Å². The van der Waals surface area contributed by atoms with Crippen LogP contribution in [0.5, 0.6) is 5.75 Å².